The molecule has 19 heavy (non-hydrogen) atoms. The molecular formula is C10H21N3O5S. The second kappa shape index (κ2) is 7.95. The van der Waals surface area contributed by atoms with Crippen LogP contribution in [0.25, 0.3) is 0 Å². The van der Waals surface area contributed by atoms with Gasteiger partial charge in [-0.25, -0.2) is 17.9 Å². The van der Waals surface area contributed by atoms with E-state index in [2.05, 4.69) is 15.4 Å². The number of hydrogen-bond acceptors (Lipinski definition) is 4. The van der Waals surface area contributed by atoms with Gasteiger partial charge in [0.1, 0.15) is 0 Å². The molecule has 0 spiro atoms. The van der Waals surface area contributed by atoms with Crippen LogP contribution in [0.3, 0.4) is 0 Å². The highest BCUT2D eigenvalue weighted by molar-refractivity contribution is 7.89. The van der Waals surface area contributed by atoms with Crippen LogP contribution in [0.4, 0.5) is 4.79 Å². The van der Waals surface area contributed by atoms with Crippen molar-refractivity contribution < 1.29 is 23.1 Å². The Morgan fingerprint density at radius 1 is 1.26 bits per heavy atom. The number of sulfonamides is 1. The number of carbonyl (C=O) groups excluding carboxylic acids is 1. The molecule has 0 aliphatic carbocycles. The number of urea groups is 1. The molecule has 0 fully saturated rings. The van der Waals surface area contributed by atoms with Crippen LogP contribution in [-0.4, -0.2) is 50.4 Å². The number of nitrogens with one attached hydrogen (secondary N) is 3. The number of rotatable bonds is 8. The van der Waals surface area contributed by atoms with Gasteiger partial charge in [0, 0.05) is 19.1 Å². The molecule has 2 unspecified atom stereocenters. The number of amides is 2. The lowest BCUT2D eigenvalue weighted by Gasteiger charge is -2.18. The minimum atomic E-state index is -3.37. The molecule has 0 aromatic heterocycles. The van der Waals surface area contributed by atoms with Crippen molar-refractivity contribution in [3.05, 3.63) is 0 Å². The van der Waals surface area contributed by atoms with Gasteiger partial charge in [-0.05, 0) is 13.8 Å². The summed E-state index contributed by atoms with van der Waals surface area (Å²) in [5, 5.41) is 13.5. The highest BCUT2D eigenvalue weighted by Crippen LogP contribution is 2.01. The number of carboxylic acid groups (broad SMARTS) is 1. The van der Waals surface area contributed by atoms with E-state index in [1.807, 2.05) is 0 Å². The average molecular weight is 295 g/mol. The molecule has 0 saturated heterocycles. The predicted molar refractivity (Wildman–Crippen MR) is 70.3 cm³/mol. The Morgan fingerprint density at radius 3 is 2.32 bits per heavy atom. The van der Waals surface area contributed by atoms with Crippen molar-refractivity contribution in [2.75, 3.05) is 18.8 Å². The number of hydrogen-bond donors (Lipinski definition) is 4. The first-order chi connectivity index (χ1) is 8.69. The summed E-state index contributed by atoms with van der Waals surface area (Å²) in [7, 11) is -3.37. The summed E-state index contributed by atoms with van der Waals surface area (Å²) in [6.07, 6.45) is 0. The molecule has 2 atom stereocenters. The highest BCUT2D eigenvalue weighted by atomic mass is 32.2. The van der Waals surface area contributed by atoms with Crippen molar-refractivity contribution in [3.63, 3.8) is 0 Å². The molecule has 0 heterocycles. The molecular weight excluding hydrogens is 274 g/mol. The number of carbonyl (C=O) groups is 2. The molecule has 8 nitrogen and oxygen atoms in total. The van der Waals surface area contributed by atoms with Crippen molar-refractivity contribution in [2.24, 2.45) is 5.92 Å². The molecule has 112 valence electrons. The topological polar surface area (TPSA) is 125 Å². The zero-order valence-corrected chi connectivity index (χ0v) is 12.1. The van der Waals surface area contributed by atoms with E-state index >= 15 is 0 Å². The van der Waals surface area contributed by atoms with E-state index < -0.39 is 34.0 Å². The Bertz CT molecular complexity index is 409. The normalized spacial score (nSPS) is 14.5. The summed E-state index contributed by atoms with van der Waals surface area (Å²) in [4.78, 5) is 22.1. The first-order valence-corrected chi connectivity index (χ1v) is 7.59. The van der Waals surface area contributed by atoms with E-state index in [9.17, 15) is 18.0 Å². The van der Waals surface area contributed by atoms with E-state index in [-0.39, 0.29) is 12.3 Å². The maximum atomic E-state index is 11.4. The fraction of sp³-hybridized carbons (Fsp3) is 0.800. The third-order valence-corrected chi connectivity index (χ3v) is 3.99. The molecule has 0 rings (SSSR count). The maximum Gasteiger partial charge on any atom is 0.315 e. The lowest BCUT2D eigenvalue weighted by atomic mass is 10.0. The Hall–Kier alpha value is -1.35. The zero-order chi connectivity index (χ0) is 15.1. The van der Waals surface area contributed by atoms with Crippen LogP contribution in [0.5, 0.6) is 0 Å². The van der Waals surface area contributed by atoms with Gasteiger partial charge in [0.25, 0.3) is 0 Å². The number of aliphatic carboxylic acids is 1. The molecule has 0 aromatic rings. The van der Waals surface area contributed by atoms with E-state index in [0.717, 1.165) is 0 Å². The van der Waals surface area contributed by atoms with Crippen LogP contribution in [0.2, 0.25) is 0 Å². The Kier molecular flexibility index (Phi) is 7.38. The zero-order valence-electron chi connectivity index (χ0n) is 11.3. The minimum absolute atomic E-state index is 0.0463. The minimum Gasteiger partial charge on any atom is -0.481 e. The second-order valence-electron chi connectivity index (χ2n) is 4.13. The van der Waals surface area contributed by atoms with Crippen molar-refractivity contribution in [1.82, 2.24) is 15.4 Å². The van der Waals surface area contributed by atoms with Gasteiger partial charge in [0.15, 0.2) is 0 Å². The van der Waals surface area contributed by atoms with Crippen molar-refractivity contribution in [2.45, 2.75) is 26.8 Å². The third kappa shape index (κ3) is 7.62. The van der Waals surface area contributed by atoms with Gasteiger partial charge in [0.05, 0.1) is 11.7 Å². The Balaban J connectivity index is 4.04. The molecule has 4 N–H and O–H groups in total. The van der Waals surface area contributed by atoms with Crippen LogP contribution in [0.1, 0.15) is 20.8 Å². The predicted octanol–water partition coefficient (Wildman–Crippen LogP) is -0.666. The van der Waals surface area contributed by atoms with E-state index in [4.69, 9.17) is 5.11 Å². The van der Waals surface area contributed by atoms with Gasteiger partial charge in [-0.2, -0.15) is 0 Å². The Morgan fingerprint density at radius 2 is 1.84 bits per heavy atom. The fourth-order valence-corrected chi connectivity index (χ4v) is 2.14. The first kappa shape index (κ1) is 17.6. The monoisotopic (exact) mass is 295 g/mol. The molecule has 2 amide bonds. The van der Waals surface area contributed by atoms with Crippen molar-refractivity contribution in [3.8, 4) is 0 Å². The molecule has 0 aromatic carbocycles. The first-order valence-electron chi connectivity index (χ1n) is 5.94. The SMILES string of the molecule is CCNS(=O)(=O)CCNC(=O)NC(C)C(C)C(=O)O. The standard InChI is InChI=1S/C10H21N3O5S/c1-4-12-19(17,18)6-5-11-10(16)13-8(3)7(2)9(14)15/h7-8,12H,4-6H2,1-3H3,(H,14,15)(H2,11,13,16). The van der Waals surface area contributed by atoms with E-state index in [0.29, 0.717) is 6.54 Å². The van der Waals surface area contributed by atoms with Crippen LogP contribution >= 0.6 is 0 Å². The van der Waals surface area contributed by atoms with E-state index in [1.54, 1.807) is 13.8 Å². The second-order valence-corrected chi connectivity index (χ2v) is 6.06. The smallest absolute Gasteiger partial charge is 0.315 e. The van der Waals surface area contributed by atoms with Crippen LogP contribution < -0.4 is 15.4 Å². The lowest BCUT2D eigenvalue weighted by Crippen LogP contribution is -2.46. The summed E-state index contributed by atoms with van der Waals surface area (Å²) in [5.41, 5.74) is 0. The van der Waals surface area contributed by atoms with Gasteiger partial charge in [-0.1, -0.05) is 6.92 Å². The Labute approximate surface area is 113 Å². The fourth-order valence-electron chi connectivity index (χ4n) is 1.19. The summed E-state index contributed by atoms with van der Waals surface area (Å²) in [6.45, 7) is 4.94. The van der Waals surface area contributed by atoms with Gasteiger partial charge < -0.3 is 15.7 Å². The van der Waals surface area contributed by atoms with Crippen LogP contribution in [0, 0.1) is 5.92 Å². The highest BCUT2D eigenvalue weighted by Gasteiger charge is 2.20. The van der Waals surface area contributed by atoms with E-state index in [1.165, 1.54) is 6.92 Å². The largest absolute Gasteiger partial charge is 0.481 e. The summed E-state index contributed by atoms with van der Waals surface area (Å²) < 4.78 is 24.8. The molecule has 0 aliphatic rings. The summed E-state index contributed by atoms with van der Waals surface area (Å²) in [6, 6.07) is -1.14. The number of carboxylic acids is 1. The average Bonchev–Trinajstić information content (AvgIpc) is 2.27. The van der Waals surface area contributed by atoms with Crippen molar-refractivity contribution >= 4 is 22.0 Å². The van der Waals surface area contributed by atoms with Gasteiger partial charge in [0.2, 0.25) is 10.0 Å². The molecule has 9 heteroatoms. The molecule has 0 saturated carbocycles. The molecule has 0 bridgehead atoms. The third-order valence-electron chi connectivity index (χ3n) is 2.52. The van der Waals surface area contributed by atoms with Crippen LogP contribution in [-0.2, 0) is 14.8 Å². The van der Waals surface area contributed by atoms with Gasteiger partial charge >= 0.3 is 12.0 Å². The van der Waals surface area contributed by atoms with Crippen molar-refractivity contribution in [1.29, 1.82) is 0 Å². The molecule has 0 radical (unpaired) electrons. The quantitative estimate of drug-likeness (QED) is 0.473. The lowest BCUT2D eigenvalue weighted by molar-refractivity contribution is -0.141. The molecule has 0 aliphatic heterocycles. The van der Waals surface area contributed by atoms with Gasteiger partial charge in [-0.3, -0.25) is 4.79 Å². The van der Waals surface area contributed by atoms with Gasteiger partial charge in [-0.15, -0.1) is 0 Å². The van der Waals surface area contributed by atoms with Crippen LogP contribution in [0.15, 0.2) is 0 Å². The summed E-state index contributed by atoms with van der Waals surface area (Å²) in [5.74, 6) is -1.96. The maximum absolute atomic E-state index is 11.4. The summed E-state index contributed by atoms with van der Waals surface area (Å²) >= 11 is 0.